The molecule has 1 aliphatic heterocycles. The van der Waals surface area contributed by atoms with Gasteiger partial charge < -0.3 is 5.32 Å². The van der Waals surface area contributed by atoms with Crippen molar-refractivity contribution in [2.24, 2.45) is 5.92 Å². The van der Waals surface area contributed by atoms with Gasteiger partial charge in [-0.1, -0.05) is 42.5 Å². The predicted molar refractivity (Wildman–Crippen MR) is 108 cm³/mol. The summed E-state index contributed by atoms with van der Waals surface area (Å²) in [5, 5.41) is 2.32. The van der Waals surface area contributed by atoms with Crippen LogP contribution >= 0.6 is 0 Å². The molecular weight excluding hydrogens is 434 g/mol. The van der Waals surface area contributed by atoms with Crippen LogP contribution in [0, 0.1) is 5.92 Å². The molecule has 3 rings (SSSR count). The Morgan fingerprint density at radius 3 is 2.16 bits per heavy atom. The largest absolute Gasteiger partial charge is 0.416 e. The maximum Gasteiger partial charge on any atom is 0.416 e. The van der Waals surface area contributed by atoms with E-state index in [1.165, 1.54) is 12.1 Å². The van der Waals surface area contributed by atoms with Crippen molar-refractivity contribution in [1.29, 1.82) is 0 Å². The molecule has 9 heteroatoms. The van der Waals surface area contributed by atoms with Crippen molar-refractivity contribution < 1.29 is 31.1 Å². The van der Waals surface area contributed by atoms with Crippen LogP contribution in [0.3, 0.4) is 0 Å². The van der Waals surface area contributed by atoms with E-state index in [1.54, 1.807) is 6.07 Å². The van der Waals surface area contributed by atoms with Gasteiger partial charge in [0.25, 0.3) is 0 Å². The summed E-state index contributed by atoms with van der Waals surface area (Å²) in [6, 6.07) is 13.1. The van der Waals surface area contributed by atoms with Crippen molar-refractivity contribution in [2.75, 3.05) is 19.6 Å². The van der Waals surface area contributed by atoms with E-state index in [4.69, 9.17) is 0 Å². The molecule has 0 radical (unpaired) electrons. The third kappa shape index (κ3) is 7.25. The van der Waals surface area contributed by atoms with Crippen LogP contribution in [0.15, 0.2) is 48.5 Å². The van der Waals surface area contributed by atoms with Crippen LogP contribution in [0.4, 0.5) is 26.3 Å². The maximum atomic E-state index is 12.8. The van der Waals surface area contributed by atoms with Crippen LogP contribution < -0.4 is 5.32 Å². The number of rotatable bonds is 8. The lowest BCUT2D eigenvalue weighted by Gasteiger charge is -2.38. The summed E-state index contributed by atoms with van der Waals surface area (Å²) >= 11 is 0. The molecule has 1 fully saturated rings. The highest BCUT2D eigenvalue weighted by Crippen LogP contribution is 2.29. The number of benzene rings is 2. The number of aryl methyl sites for hydroxylation is 2. The van der Waals surface area contributed by atoms with Gasteiger partial charge in [0, 0.05) is 26.2 Å². The zero-order valence-electron chi connectivity index (χ0n) is 17.3. The summed E-state index contributed by atoms with van der Waals surface area (Å²) in [5.74, 6) is -0.648. The molecule has 1 heterocycles. The van der Waals surface area contributed by atoms with Crippen LogP contribution in [-0.4, -0.2) is 36.6 Å². The number of halogens is 6. The number of amides is 1. The molecule has 0 atom stereocenters. The number of hydrogen-bond donors (Lipinski definition) is 1. The topological polar surface area (TPSA) is 32.3 Å². The van der Waals surface area contributed by atoms with E-state index in [1.807, 2.05) is 29.2 Å². The standard InChI is InChI=1S/C23H24F6N2O/c24-22(25,26)10-11-30-21(32)19-14-31(15-19)13-18-8-5-16(6-9-18)4-7-17-2-1-3-20(12-17)23(27,28)29/h1-3,5-6,8-9,12,19H,4,7,10-11,13-15H2,(H,30,32). The summed E-state index contributed by atoms with van der Waals surface area (Å²) < 4.78 is 74.8. The molecule has 174 valence electrons. The van der Waals surface area contributed by atoms with Crippen molar-refractivity contribution in [3.8, 4) is 0 Å². The number of carbonyl (C=O) groups excluding carboxylic acids is 1. The van der Waals surface area contributed by atoms with E-state index in [-0.39, 0.29) is 11.8 Å². The number of carbonyl (C=O) groups is 1. The Kier molecular flexibility index (Phi) is 7.48. The molecule has 1 aliphatic rings. The fourth-order valence-electron chi connectivity index (χ4n) is 3.60. The first kappa shape index (κ1) is 24.1. The monoisotopic (exact) mass is 458 g/mol. The number of alkyl halides is 6. The third-order valence-electron chi connectivity index (χ3n) is 5.42. The highest BCUT2D eigenvalue weighted by Gasteiger charge is 2.33. The number of hydrogen-bond acceptors (Lipinski definition) is 2. The summed E-state index contributed by atoms with van der Waals surface area (Å²) in [4.78, 5) is 13.9. The van der Waals surface area contributed by atoms with E-state index < -0.39 is 30.9 Å². The highest BCUT2D eigenvalue weighted by atomic mass is 19.4. The molecule has 3 nitrogen and oxygen atoms in total. The molecule has 32 heavy (non-hydrogen) atoms. The number of nitrogens with one attached hydrogen (secondary N) is 1. The van der Waals surface area contributed by atoms with Crippen molar-refractivity contribution in [3.05, 3.63) is 70.8 Å². The van der Waals surface area contributed by atoms with Crippen molar-refractivity contribution in [2.45, 2.75) is 38.2 Å². The Morgan fingerprint density at radius 2 is 1.53 bits per heavy atom. The molecule has 0 saturated carbocycles. The van der Waals surface area contributed by atoms with Crippen molar-refractivity contribution >= 4 is 5.91 Å². The lowest BCUT2D eigenvalue weighted by molar-refractivity contribution is -0.139. The van der Waals surface area contributed by atoms with Gasteiger partial charge in [-0.25, -0.2) is 0 Å². The second kappa shape index (κ2) is 9.94. The van der Waals surface area contributed by atoms with Gasteiger partial charge in [-0.15, -0.1) is 0 Å². The molecule has 1 saturated heterocycles. The second-order valence-electron chi connectivity index (χ2n) is 8.06. The van der Waals surface area contributed by atoms with Gasteiger partial charge in [0.05, 0.1) is 17.9 Å². The molecule has 2 aromatic rings. The van der Waals surface area contributed by atoms with Gasteiger partial charge in [-0.3, -0.25) is 9.69 Å². The zero-order chi connectivity index (χ0) is 23.4. The third-order valence-corrected chi connectivity index (χ3v) is 5.42. The molecule has 0 aliphatic carbocycles. The van der Waals surface area contributed by atoms with E-state index in [2.05, 4.69) is 5.32 Å². The average Bonchev–Trinajstić information content (AvgIpc) is 2.68. The zero-order valence-corrected chi connectivity index (χ0v) is 17.3. The maximum absolute atomic E-state index is 12.8. The van der Waals surface area contributed by atoms with Crippen LogP contribution in [0.2, 0.25) is 0 Å². The minimum atomic E-state index is -4.35. The summed E-state index contributed by atoms with van der Waals surface area (Å²) in [5.41, 5.74) is 2.02. The normalized spacial score (nSPS) is 15.4. The lowest BCUT2D eigenvalue weighted by atomic mass is 9.97. The van der Waals surface area contributed by atoms with Gasteiger partial charge in [-0.2, -0.15) is 26.3 Å². The first-order valence-corrected chi connectivity index (χ1v) is 10.3. The fraction of sp³-hybridized carbons (Fsp3) is 0.435. The van der Waals surface area contributed by atoms with Crippen molar-refractivity contribution in [1.82, 2.24) is 10.2 Å². The molecular formula is C23H24F6N2O. The minimum Gasteiger partial charge on any atom is -0.355 e. The van der Waals surface area contributed by atoms with Crippen LogP contribution in [0.25, 0.3) is 0 Å². The molecule has 0 aromatic heterocycles. The average molecular weight is 458 g/mol. The molecule has 0 spiro atoms. The van der Waals surface area contributed by atoms with Gasteiger partial charge in [0.2, 0.25) is 5.91 Å². The summed E-state index contributed by atoms with van der Waals surface area (Å²) in [7, 11) is 0. The number of nitrogens with zero attached hydrogens (tertiary/aromatic N) is 1. The van der Waals surface area contributed by atoms with Gasteiger partial charge in [0.15, 0.2) is 0 Å². The number of likely N-dealkylation sites (tertiary alicyclic amines) is 1. The molecule has 1 N–H and O–H groups in total. The van der Waals surface area contributed by atoms with E-state index >= 15 is 0 Å². The first-order chi connectivity index (χ1) is 15.0. The molecule has 2 aromatic carbocycles. The summed E-state index contributed by atoms with van der Waals surface area (Å²) in [6.45, 7) is 1.21. The highest BCUT2D eigenvalue weighted by molar-refractivity contribution is 5.80. The summed E-state index contributed by atoms with van der Waals surface area (Å²) in [6.07, 6.45) is -8.54. The van der Waals surface area contributed by atoms with E-state index in [0.29, 0.717) is 38.0 Å². The van der Waals surface area contributed by atoms with Gasteiger partial charge >= 0.3 is 12.4 Å². The Balaban J connectivity index is 1.40. The minimum absolute atomic E-state index is 0.296. The van der Waals surface area contributed by atoms with Gasteiger partial charge in [0.1, 0.15) is 0 Å². The Morgan fingerprint density at radius 1 is 0.906 bits per heavy atom. The fourth-order valence-corrected chi connectivity index (χ4v) is 3.60. The van der Waals surface area contributed by atoms with Crippen LogP contribution in [0.1, 0.15) is 28.7 Å². The smallest absolute Gasteiger partial charge is 0.355 e. The van der Waals surface area contributed by atoms with E-state index in [0.717, 1.165) is 17.2 Å². The Bertz CT molecular complexity index is 902. The SMILES string of the molecule is O=C(NCCC(F)(F)F)C1CN(Cc2ccc(CCc3cccc(C(F)(F)F)c3)cc2)C1. The quantitative estimate of drug-likeness (QED) is 0.566. The Labute approximate surface area is 182 Å². The molecule has 0 bridgehead atoms. The lowest BCUT2D eigenvalue weighted by Crippen LogP contribution is -2.53. The van der Waals surface area contributed by atoms with E-state index in [9.17, 15) is 31.1 Å². The van der Waals surface area contributed by atoms with Crippen LogP contribution in [-0.2, 0) is 30.4 Å². The Hall–Kier alpha value is -2.55. The van der Waals surface area contributed by atoms with Crippen LogP contribution in [0.5, 0.6) is 0 Å². The predicted octanol–water partition coefficient (Wildman–Crippen LogP) is 4.99. The van der Waals surface area contributed by atoms with Crippen molar-refractivity contribution in [3.63, 3.8) is 0 Å². The second-order valence-corrected chi connectivity index (χ2v) is 8.06. The first-order valence-electron chi connectivity index (χ1n) is 10.3. The van der Waals surface area contributed by atoms with Gasteiger partial charge in [-0.05, 0) is 35.6 Å². The molecule has 0 unspecified atom stereocenters. The molecule has 1 amide bonds.